The summed E-state index contributed by atoms with van der Waals surface area (Å²) < 4.78 is 40.8. The maximum Gasteiger partial charge on any atom is 0.417 e. The third kappa shape index (κ3) is 4.71. The minimum absolute atomic E-state index is 0.164. The van der Waals surface area contributed by atoms with Gasteiger partial charge in [0, 0.05) is 6.20 Å². The van der Waals surface area contributed by atoms with Gasteiger partial charge in [-0.3, -0.25) is 4.79 Å². The fourth-order valence-electron chi connectivity index (χ4n) is 2.99. The Bertz CT molecular complexity index is 986. The average Bonchev–Trinajstić information content (AvgIpc) is 2.90. The molecule has 28 heavy (non-hydrogen) atoms. The van der Waals surface area contributed by atoms with E-state index < -0.39 is 11.7 Å². The molecule has 2 heterocycles. The number of nitrogens with one attached hydrogen (secondary N) is 1. The highest BCUT2D eigenvalue weighted by Gasteiger charge is 2.31. The van der Waals surface area contributed by atoms with Crippen LogP contribution in [0.2, 0.25) is 0 Å². The number of carbonyl (C=O) groups is 1. The lowest BCUT2D eigenvalue weighted by Crippen LogP contribution is -2.18. The molecule has 2 aromatic heterocycles. The maximum absolute atomic E-state index is 13.1. The fraction of sp³-hybridized carbons (Fsp3) is 0.333. The molecule has 1 amide bonds. The Hall–Kier alpha value is -2.83. The summed E-state index contributed by atoms with van der Waals surface area (Å²) in [6.45, 7) is 5.95. The van der Waals surface area contributed by atoms with Gasteiger partial charge in [-0.1, -0.05) is 51.1 Å². The number of carbonyl (C=O) groups excluding carboxylic acids is 1. The number of nitrogens with zero attached hydrogens (tertiary/aromatic N) is 2. The molecule has 0 saturated heterocycles. The standard InChI is InChI=1S/C21H22F3N3O/c1-20(2,3)12-16-19(26-18(28)11-14-7-5-4-6-8-14)25-17-10-9-15(13-27(16)17)21(22,23)24/h4-10,13H,11-12H2,1-3H3,(H,26,28). The molecule has 0 atom stereocenters. The number of pyridine rings is 1. The Kier molecular flexibility index (Phi) is 5.19. The molecular formula is C21H22F3N3O. The van der Waals surface area contributed by atoms with Crippen molar-refractivity contribution < 1.29 is 18.0 Å². The van der Waals surface area contributed by atoms with E-state index in [4.69, 9.17) is 0 Å². The zero-order chi connectivity index (χ0) is 20.5. The van der Waals surface area contributed by atoms with Crippen molar-refractivity contribution in [2.75, 3.05) is 5.32 Å². The minimum atomic E-state index is -4.45. The molecule has 0 radical (unpaired) electrons. The van der Waals surface area contributed by atoms with Crippen molar-refractivity contribution in [3.63, 3.8) is 0 Å². The van der Waals surface area contributed by atoms with E-state index in [0.29, 0.717) is 23.6 Å². The Labute approximate surface area is 161 Å². The summed E-state index contributed by atoms with van der Waals surface area (Å²) in [5, 5.41) is 2.78. The molecule has 0 unspecified atom stereocenters. The molecule has 1 aromatic carbocycles. The molecule has 0 aliphatic heterocycles. The van der Waals surface area contributed by atoms with E-state index in [1.165, 1.54) is 10.5 Å². The zero-order valence-corrected chi connectivity index (χ0v) is 16.0. The summed E-state index contributed by atoms with van der Waals surface area (Å²) in [5.74, 6) is 0.0380. The van der Waals surface area contributed by atoms with E-state index in [1.54, 1.807) is 0 Å². The summed E-state index contributed by atoms with van der Waals surface area (Å²) in [7, 11) is 0. The van der Waals surface area contributed by atoms with Crippen LogP contribution in [-0.2, 0) is 23.8 Å². The normalized spacial score (nSPS) is 12.4. The van der Waals surface area contributed by atoms with Gasteiger partial charge in [0.1, 0.15) is 5.65 Å². The second kappa shape index (κ2) is 7.30. The summed E-state index contributed by atoms with van der Waals surface area (Å²) in [4.78, 5) is 16.8. The van der Waals surface area contributed by atoms with Gasteiger partial charge < -0.3 is 9.72 Å². The molecular weight excluding hydrogens is 367 g/mol. The van der Waals surface area contributed by atoms with Crippen LogP contribution in [0.1, 0.15) is 37.6 Å². The van der Waals surface area contributed by atoms with Gasteiger partial charge in [-0.25, -0.2) is 4.98 Å². The molecule has 0 fully saturated rings. The molecule has 4 nitrogen and oxygen atoms in total. The van der Waals surface area contributed by atoms with Crippen LogP contribution in [0.3, 0.4) is 0 Å². The number of alkyl halides is 3. The van der Waals surface area contributed by atoms with Crippen molar-refractivity contribution in [3.05, 3.63) is 65.5 Å². The van der Waals surface area contributed by atoms with Crippen molar-refractivity contribution >= 4 is 17.4 Å². The number of anilines is 1. The van der Waals surface area contributed by atoms with Crippen molar-refractivity contribution in [1.29, 1.82) is 0 Å². The van der Waals surface area contributed by atoms with Gasteiger partial charge >= 0.3 is 6.18 Å². The number of halogens is 3. The number of fused-ring (bicyclic) bond motifs is 1. The van der Waals surface area contributed by atoms with Crippen molar-refractivity contribution in [2.45, 2.75) is 39.8 Å². The van der Waals surface area contributed by atoms with E-state index in [-0.39, 0.29) is 17.7 Å². The predicted molar refractivity (Wildman–Crippen MR) is 102 cm³/mol. The molecule has 0 aliphatic rings. The molecule has 0 bridgehead atoms. The van der Waals surface area contributed by atoms with Crippen LogP contribution in [0.4, 0.5) is 19.0 Å². The first-order chi connectivity index (χ1) is 13.0. The van der Waals surface area contributed by atoms with Crippen LogP contribution in [0.5, 0.6) is 0 Å². The van der Waals surface area contributed by atoms with Gasteiger partial charge in [-0.05, 0) is 29.5 Å². The molecule has 0 saturated carbocycles. The highest BCUT2D eigenvalue weighted by Crippen LogP contribution is 2.32. The lowest BCUT2D eigenvalue weighted by molar-refractivity contribution is -0.137. The van der Waals surface area contributed by atoms with Crippen molar-refractivity contribution in [1.82, 2.24) is 9.38 Å². The number of amides is 1. The third-order valence-electron chi connectivity index (χ3n) is 4.21. The summed E-state index contributed by atoms with van der Waals surface area (Å²) in [6, 6.07) is 11.6. The summed E-state index contributed by atoms with van der Waals surface area (Å²) in [5.41, 5.74) is 0.802. The monoisotopic (exact) mass is 389 g/mol. The van der Waals surface area contributed by atoms with Crippen LogP contribution in [0.15, 0.2) is 48.7 Å². The molecule has 3 aromatic rings. The van der Waals surface area contributed by atoms with E-state index >= 15 is 0 Å². The van der Waals surface area contributed by atoms with Gasteiger partial charge in [0.05, 0.1) is 17.7 Å². The third-order valence-corrected chi connectivity index (χ3v) is 4.21. The first-order valence-corrected chi connectivity index (χ1v) is 8.95. The second-order valence-corrected chi connectivity index (χ2v) is 8.00. The Morgan fingerprint density at radius 3 is 2.36 bits per heavy atom. The summed E-state index contributed by atoms with van der Waals surface area (Å²) in [6.07, 6.45) is -2.79. The van der Waals surface area contributed by atoms with E-state index in [2.05, 4.69) is 10.3 Å². The minimum Gasteiger partial charge on any atom is -0.309 e. The van der Waals surface area contributed by atoms with Crippen LogP contribution >= 0.6 is 0 Å². The van der Waals surface area contributed by atoms with E-state index in [0.717, 1.165) is 17.8 Å². The lowest BCUT2D eigenvalue weighted by atomic mass is 9.90. The number of aromatic nitrogens is 2. The first kappa shape index (κ1) is 19.9. The number of benzene rings is 1. The maximum atomic E-state index is 13.1. The Morgan fingerprint density at radius 1 is 1.07 bits per heavy atom. The predicted octanol–water partition coefficient (Wildman–Crippen LogP) is 5.12. The highest BCUT2D eigenvalue weighted by molar-refractivity contribution is 5.92. The van der Waals surface area contributed by atoms with Crippen LogP contribution in [0, 0.1) is 5.41 Å². The molecule has 148 valence electrons. The Balaban J connectivity index is 1.98. The smallest absolute Gasteiger partial charge is 0.309 e. The number of imidazole rings is 1. The molecule has 3 rings (SSSR count). The van der Waals surface area contributed by atoms with E-state index in [9.17, 15) is 18.0 Å². The SMILES string of the molecule is CC(C)(C)Cc1c(NC(=O)Cc2ccccc2)nc2ccc(C(F)(F)F)cn12. The van der Waals surface area contributed by atoms with Gasteiger partial charge in [-0.2, -0.15) is 13.2 Å². The van der Waals surface area contributed by atoms with Crippen molar-refractivity contribution in [3.8, 4) is 0 Å². The zero-order valence-electron chi connectivity index (χ0n) is 16.0. The van der Waals surface area contributed by atoms with Crippen LogP contribution < -0.4 is 5.32 Å². The van der Waals surface area contributed by atoms with Gasteiger partial charge in [-0.15, -0.1) is 0 Å². The van der Waals surface area contributed by atoms with E-state index in [1.807, 2.05) is 51.1 Å². The fourth-order valence-corrected chi connectivity index (χ4v) is 2.99. The number of rotatable bonds is 4. The van der Waals surface area contributed by atoms with Gasteiger partial charge in [0.15, 0.2) is 5.82 Å². The van der Waals surface area contributed by atoms with Gasteiger partial charge in [0.2, 0.25) is 5.91 Å². The molecule has 1 N–H and O–H groups in total. The largest absolute Gasteiger partial charge is 0.417 e. The quantitative estimate of drug-likeness (QED) is 0.673. The molecule has 0 aliphatic carbocycles. The van der Waals surface area contributed by atoms with Crippen LogP contribution in [-0.4, -0.2) is 15.3 Å². The number of hydrogen-bond donors (Lipinski definition) is 1. The summed E-state index contributed by atoms with van der Waals surface area (Å²) >= 11 is 0. The van der Waals surface area contributed by atoms with Crippen molar-refractivity contribution in [2.24, 2.45) is 5.41 Å². The average molecular weight is 389 g/mol. The number of hydrogen-bond acceptors (Lipinski definition) is 2. The Morgan fingerprint density at radius 2 is 1.75 bits per heavy atom. The first-order valence-electron chi connectivity index (χ1n) is 8.95. The molecule has 7 heteroatoms. The molecule has 0 spiro atoms. The van der Waals surface area contributed by atoms with Crippen LogP contribution in [0.25, 0.3) is 5.65 Å². The topological polar surface area (TPSA) is 46.4 Å². The van der Waals surface area contributed by atoms with Gasteiger partial charge in [0.25, 0.3) is 0 Å². The lowest BCUT2D eigenvalue weighted by Gasteiger charge is -2.19. The second-order valence-electron chi connectivity index (χ2n) is 8.00. The highest BCUT2D eigenvalue weighted by atomic mass is 19.4.